The van der Waals surface area contributed by atoms with E-state index in [4.69, 9.17) is 0 Å². The first-order valence-corrected chi connectivity index (χ1v) is 6.48. The van der Waals surface area contributed by atoms with Crippen LogP contribution >= 0.6 is 22.7 Å². The lowest BCUT2D eigenvalue weighted by Gasteiger charge is -1.87. The van der Waals surface area contributed by atoms with Crippen molar-refractivity contribution in [1.29, 1.82) is 0 Å². The molecule has 0 aliphatic carbocycles. The quantitative estimate of drug-likeness (QED) is 0.627. The lowest BCUT2D eigenvalue weighted by molar-refractivity contribution is 1.13. The third kappa shape index (κ3) is 1.41. The minimum atomic E-state index is 1.08. The maximum Gasteiger partial charge on any atom is 0.194 e. The van der Waals surface area contributed by atoms with Gasteiger partial charge in [0.1, 0.15) is 0 Å². The number of aromatic nitrogens is 2. The van der Waals surface area contributed by atoms with Crippen LogP contribution in [0.25, 0.3) is 16.2 Å². The van der Waals surface area contributed by atoms with Gasteiger partial charge in [-0.25, -0.2) is 4.98 Å². The van der Waals surface area contributed by atoms with Crippen molar-refractivity contribution < 1.29 is 0 Å². The molecule has 3 rings (SSSR count). The van der Waals surface area contributed by atoms with E-state index in [0.717, 1.165) is 10.7 Å². The van der Waals surface area contributed by atoms with E-state index in [2.05, 4.69) is 46.3 Å². The van der Waals surface area contributed by atoms with Crippen molar-refractivity contribution in [3.63, 3.8) is 0 Å². The molecule has 4 heteroatoms. The molecule has 15 heavy (non-hydrogen) atoms. The van der Waals surface area contributed by atoms with Crippen LogP contribution in [0, 0.1) is 13.8 Å². The van der Waals surface area contributed by atoms with Crippen LogP contribution in [0.2, 0.25) is 0 Å². The molecular formula is C11H10N2S2. The van der Waals surface area contributed by atoms with E-state index in [1.807, 2.05) is 0 Å². The van der Waals surface area contributed by atoms with Crippen molar-refractivity contribution in [1.82, 2.24) is 9.38 Å². The second-order valence-electron chi connectivity index (χ2n) is 3.60. The Bertz CT molecular complexity index is 615. The largest absolute Gasteiger partial charge is 0.294 e. The van der Waals surface area contributed by atoms with Gasteiger partial charge in [-0.05, 0) is 19.9 Å². The first kappa shape index (κ1) is 9.12. The zero-order chi connectivity index (χ0) is 10.4. The fraction of sp³-hybridized carbons (Fsp3) is 0.182. The van der Waals surface area contributed by atoms with Gasteiger partial charge in [0, 0.05) is 33.1 Å². The summed E-state index contributed by atoms with van der Waals surface area (Å²) in [5.74, 6) is 0. The van der Waals surface area contributed by atoms with Gasteiger partial charge in [-0.2, -0.15) is 0 Å². The molecule has 0 aliphatic rings. The Labute approximate surface area is 95.8 Å². The summed E-state index contributed by atoms with van der Waals surface area (Å²) in [6.45, 7) is 4.23. The zero-order valence-electron chi connectivity index (χ0n) is 8.52. The summed E-state index contributed by atoms with van der Waals surface area (Å²) in [4.78, 5) is 7.01. The number of hydrogen-bond donors (Lipinski definition) is 0. The Morgan fingerprint density at radius 3 is 2.73 bits per heavy atom. The number of imidazole rings is 1. The van der Waals surface area contributed by atoms with Crippen molar-refractivity contribution in [2.24, 2.45) is 0 Å². The predicted octanol–water partition coefficient (Wildman–Crippen LogP) is 3.74. The molecule has 0 saturated carbocycles. The molecule has 0 radical (unpaired) electrons. The summed E-state index contributed by atoms with van der Waals surface area (Å²) in [5, 5.41) is 4.29. The molecule has 0 spiro atoms. The molecule has 0 amide bonds. The second-order valence-corrected chi connectivity index (χ2v) is 5.55. The Morgan fingerprint density at radius 2 is 2.07 bits per heavy atom. The molecule has 76 valence electrons. The normalized spacial score (nSPS) is 11.3. The van der Waals surface area contributed by atoms with Crippen LogP contribution in [0.1, 0.15) is 10.6 Å². The van der Waals surface area contributed by atoms with Gasteiger partial charge in [-0.3, -0.25) is 4.40 Å². The van der Waals surface area contributed by atoms with Crippen LogP contribution in [-0.4, -0.2) is 9.38 Å². The molecule has 3 aromatic heterocycles. The molecular weight excluding hydrogens is 224 g/mol. The number of rotatable bonds is 1. The lowest BCUT2D eigenvalue weighted by atomic mass is 10.2. The Balaban J connectivity index is 2.19. The van der Waals surface area contributed by atoms with Gasteiger partial charge in [0.15, 0.2) is 4.96 Å². The van der Waals surface area contributed by atoms with Gasteiger partial charge in [0.25, 0.3) is 0 Å². The molecule has 0 aromatic carbocycles. The number of thiophene rings is 1. The highest BCUT2D eigenvalue weighted by atomic mass is 32.1. The first-order valence-electron chi connectivity index (χ1n) is 4.73. The molecule has 0 bridgehead atoms. The number of aryl methyl sites for hydroxylation is 2. The monoisotopic (exact) mass is 234 g/mol. The van der Waals surface area contributed by atoms with Gasteiger partial charge in [0.2, 0.25) is 0 Å². The number of nitrogens with zero attached hydrogens (tertiary/aromatic N) is 2. The third-order valence-electron chi connectivity index (χ3n) is 2.41. The van der Waals surface area contributed by atoms with Crippen molar-refractivity contribution in [2.75, 3.05) is 0 Å². The molecule has 0 saturated heterocycles. The van der Waals surface area contributed by atoms with E-state index < -0.39 is 0 Å². The van der Waals surface area contributed by atoms with Crippen LogP contribution in [0.15, 0.2) is 23.0 Å². The molecule has 0 unspecified atom stereocenters. The Kier molecular flexibility index (Phi) is 1.94. The fourth-order valence-corrected chi connectivity index (χ4v) is 3.16. The highest BCUT2D eigenvalue weighted by molar-refractivity contribution is 7.15. The number of hydrogen-bond acceptors (Lipinski definition) is 3. The second kappa shape index (κ2) is 3.18. The minimum Gasteiger partial charge on any atom is -0.294 e. The highest BCUT2D eigenvalue weighted by Crippen LogP contribution is 2.26. The van der Waals surface area contributed by atoms with Gasteiger partial charge >= 0.3 is 0 Å². The fourth-order valence-electron chi connectivity index (χ4n) is 1.61. The van der Waals surface area contributed by atoms with Crippen LogP contribution < -0.4 is 0 Å². The predicted molar refractivity (Wildman–Crippen MR) is 65.9 cm³/mol. The molecule has 0 fully saturated rings. The van der Waals surface area contributed by atoms with Gasteiger partial charge in [-0.1, -0.05) is 0 Å². The number of fused-ring (bicyclic) bond motifs is 1. The van der Waals surface area contributed by atoms with Gasteiger partial charge in [0.05, 0.1) is 5.69 Å². The van der Waals surface area contributed by atoms with Crippen LogP contribution in [0.3, 0.4) is 0 Å². The molecule has 0 aliphatic heterocycles. The Morgan fingerprint density at radius 1 is 1.20 bits per heavy atom. The Hall–Kier alpha value is -1.13. The minimum absolute atomic E-state index is 1.08. The SMILES string of the molecule is Cc1cc(-c2cn3c(C)csc3n2)cs1. The summed E-state index contributed by atoms with van der Waals surface area (Å²) in [6, 6.07) is 2.19. The van der Waals surface area contributed by atoms with Gasteiger partial charge in [-0.15, -0.1) is 22.7 Å². The molecule has 0 atom stereocenters. The van der Waals surface area contributed by atoms with Crippen molar-refractivity contribution >= 4 is 27.6 Å². The van der Waals surface area contributed by atoms with Crippen molar-refractivity contribution in [3.8, 4) is 11.3 Å². The van der Waals surface area contributed by atoms with Crippen LogP contribution in [0.4, 0.5) is 0 Å². The third-order valence-corrected chi connectivity index (χ3v) is 4.23. The zero-order valence-corrected chi connectivity index (χ0v) is 10.2. The summed E-state index contributed by atoms with van der Waals surface area (Å²) >= 11 is 3.46. The van der Waals surface area contributed by atoms with Crippen molar-refractivity contribution in [3.05, 3.63) is 33.6 Å². The standard InChI is InChI=1S/C11H10N2S2/c1-7-5-15-11-12-10(4-13(7)11)9-3-8(2)14-6-9/h3-6H,1-2H3. The molecule has 2 nitrogen and oxygen atoms in total. The lowest BCUT2D eigenvalue weighted by Crippen LogP contribution is -1.77. The van der Waals surface area contributed by atoms with E-state index in [1.165, 1.54) is 16.1 Å². The molecule has 3 heterocycles. The number of thiazole rings is 1. The van der Waals surface area contributed by atoms with E-state index in [0.29, 0.717) is 0 Å². The van der Waals surface area contributed by atoms with E-state index >= 15 is 0 Å². The average molecular weight is 234 g/mol. The first-order chi connectivity index (χ1) is 7.24. The van der Waals surface area contributed by atoms with E-state index in [1.54, 1.807) is 22.7 Å². The smallest absolute Gasteiger partial charge is 0.194 e. The summed E-state index contributed by atoms with van der Waals surface area (Å²) in [5.41, 5.74) is 3.56. The maximum absolute atomic E-state index is 4.61. The average Bonchev–Trinajstić information content (AvgIpc) is 2.84. The van der Waals surface area contributed by atoms with E-state index in [9.17, 15) is 0 Å². The summed E-state index contributed by atoms with van der Waals surface area (Å²) in [7, 11) is 0. The van der Waals surface area contributed by atoms with E-state index in [-0.39, 0.29) is 0 Å². The van der Waals surface area contributed by atoms with Gasteiger partial charge < -0.3 is 0 Å². The molecule has 0 N–H and O–H groups in total. The van der Waals surface area contributed by atoms with Crippen molar-refractivity contribution in [2.45, 2.75) is 13.8 Å². The summed E-state index contributed by atoms with van der Waals surface area (Å²) in [6.07, 6.45) is 2.11. The topological polar surface area (TPSA) is 17.3 Å². The molecule has 3 aromatic rings. The highest BCUT2D eigenvalue weighted by Gasteiger charge is 2.08. The summed E-state index contributed by atoms with van der Waals surface area (Å²) < 4.78 is 2.15. The van der Waals surface area contributed by atoms with Crippen LogP contribution in [0.5, 0.6) is 0 Å². The maximum atomic E-state index is 4.61. The van der Waals surface area contributed by atoms with Crippen LogP contribution in [-0.2, 0) is 0 Å².